The highest BCUT2D eigenvalue weighted by Crippen LogP contribution is 2.36. The summed E-state index contributed by atoms with van der Waals surface area (Å²) in [5.41, 5.74) is -0.429. The van der Waals surface area contributed by atoms with E-state index in [2.05, 4.69) is 10.1 Å². The smallest absolute Gasteiger partial charge is 0.422 e. The molecule has 0 saturated heterocycles. The monoisotopic (exact) mass is 373 g/mol. The van der Waals surface area contributed by atoms with Crippen LogP contribution in [0.15, 0.2) is 24.3 Å². The molecule has 2 rings (SSSR count). The Hall–Kier alpha value is -2.25. The molecule has 26 heavy (non-hydrogen) atoms. The highest BCUT2D eigenvalue weighted by molar-refractivity contribution is 5.80. The minimum absolute atomic E-state index is 0.0295. The molecule has 1 aliphatic rings. The van der Waals surface area contributed by atoms with Crippen molar-refractivity contribution in [2.24, 2.45) is 5.41 Å². The van der Waals surface area contributed by atoms with Crippen molar-refractivity contribution >= 4 is 11.9 Å². The van der Waals surface area contributed by atoms with Crippen LogP contribution < -0.4 is 10.1 Å². The SMILES string of the molecule is O=C(Cc1cccc(OCC(F)(F)F)c1)NCC1(C(=O)O)CCCCC1. The van der Waals surface area contributed by atoms with E-state index in [1.807, 2.05) is 0 Å². The normalized spacial score (nSPS) is 16.7. The van der Waals surface area contributed by atoms with Crippen molar-refractivity contribution in [2.45, 2.75) is 44.7 Å². The van der Waals surface area contributed by atoms with E-state index in [0.29, 0.717) is 18.4 Å². The van der Waals surface area contributed by atoms with Gasteiger partial charge in [-0.1, -0.05) is 31.4 Å². The molecule has 1 fully saturated rings. The highest BCUT2D eigenvalue weighted by Gasteiger charge is 2.39. The first-order chi connectivity index (χ1) is 12.2. The number of carbonyl (C=O) groups is 2. The Kier molecular flexibility index (Phi) is 6.50. The molecule has 5 nitrogen and oxygen atoms in total. The van der Waals surface area contributed by atoms with Gasteiger partial charge < -0.3 is 15.2 Å². The summed E-state index contributed by atoms with van der Waals surface area (Å²) in [6.45, 7) is -1.34. The van der Waals surface area contributed by atoms with Gasteiger partial charge in [0.05, 0.1) is 11.8 Å². The van der Waals surface area contributed by atoms with E-state index >= 15 is 0 Å². The summed E-state index contributed by atoms with van der Waals surface area (Å²) in [5, 5.41) is 12.2. The fourth-order valence-corrected chi connectivity index (χ4v) is 3.12. The third-order valence-electron chi connectivity index (χ3n) is 4.55. The van der Waals surface area contributed by atoms with Gasteiger partial charge >= 0.3 is 12.1 Å². The first kappa shape index (κ1) is 20.1. The van der Waals surface area contributed by atoms with Crippen LogP contribution in [0.4, 0.5) is 13.2 Å². The lowest BCUT2D eigenvalue weighted by Gasteiger charge is -2.33. The first-order valence-corrected chi connectivity index (χ1v) is 8.49. The van der Waals surface area contributed by atoms with Gasteiger partial charge in [-0.3, -0.25) is 9.59 Å². The van der Waals surface area contributed by atoms with Gasteiger partial charge in [0.2, 0.25) is 5.91 Å². The molecule has 144 valence electrons. The number of carboxylic acids is 1. The highest BCUT2D eigenvalue weighted by atomic mass is 19.4. The van der Waals surface area contributed by atoms with E-state index in [9.17, 15) is 27.9 Å². The van der Waals surface area contributed by atoms with Gasteiger partial charge in [-0.15, -0.1) is 0 Å². The Morgan fingerprint density at radius 2 is 1.88 bits per heavy atom. The van der Waals surface area contributed by atoms with Crippen molar-refractivity contribution in [2.75, 3.05) is 13.2 Å². The summed E-state index contributed by atoms with van der Waals surface area (Å²) in [7, 11) is 0. The zero-order chi connectivity index (χ0) is 19.2. The maximum atomic E-state index is 12.2. The van der Waals surface area contributed by atoms with Gasteiger partial charge in [0.15, 0.2) is 6.61 Å². The predicted molar refractivity (Wildman–Crippen MR) is 87.9 cm³/mol. The van der Waals surface area contributed by atoms with E-state index < -0.39 is 24.2 Å². The van der Waals surface area contributed by atoms with Crippen LogP contribution in [0, 0.1) is 5.41 Å². The van der Waals surface area contributed by atoms with Crippen LogP contribution in [0.2, 0.25) is 0 Å². The number of halogens is 3. The third kappa shape index (κ3) is 5.93. The van der Waals surface area contributed by atoms with E-state index in [4.69, 9.17) is 0 Å². The second kappa shape index (κ2) is 8.42. The van der Waals surface area contributed by atoms with Gasteiger partial charge in [0, 0.05) is 6.54 Å². The number of nitrogens with one attached hydrogen (secondary N) is 1. The van der Waals surface area contributed by atoms with E-state index in [-0.39, 0.29) is 24.6 Å². The minimum Gasteiger partial charge on any atom is -0.484 e. The summed E-state index contributed by atoms with van der Waals surface area (Å²) in [4.78, 5) is 23.7. The number of carboxylic acid groups (broad SMARTS) is 1. The number of alkyl halides is 3. The number of aliphatic carboxylic acids is 1. The largest absolute Gasteiger partial charge is 0.484 e. The Labute approximate surface area is 149 Å². The zero-order valence-electron chi connectivity index (χ0n) is 14.3. The average molecular weight is 373 g/mol. The first-order valence-electron chi connectivity index (χ1n) is 8.49. The number of amides is 1. The lowest BCUT2D eigenvalue weighted by molar-refractivity contribution is -0.153. The second-order valence-electron chi connectivity index (χ2n) is 6.65. The molecule has 1 aromatic rings. The van der Waals surface area contributed by atoms with Crippen molar-refractivity contribution < 1.29 is 32.6 Å². The summed E-state index contributed by atoms with van der Waals surface area (Å²) >= 11 is 0. The van der Waals surface area contributed by atoms with Crippen LogP contribution in [-0.2, 0) is 16.0 Å². The molecule has 1 saturated carbocycles. The average Bonchev–Trinajstić information content (AvgIpc) is 2.59. The van der Waals surface area contributed by atoms with E-state index in [1.54, 1.807) is 6.07 Å². The number of benzene rings is 1. The van der Waals surface area contributed by atoms with Crippen LogP contribution in [0.1, 0.15) is 37.7 Å². The third-order valence-corrected chi connectivity index (χ3v) is 4.55. The van der Waals surface area contributed by atoms with Gasteiger partial charge in [-0.05, 0) is 30.5 Å². The van der Waals surface area contributed by atoms with Crippen molar-refractivity contribution in [3.8, 4) is 5.75 Å². The number of ether oxygens (including phenoxy) is 1. The molecule has 0 unspecified atom stereocenters. The Balaban J connectivity index is 1.90. The van der Waals surface area contributed by atoms with Crippen LogP contribution in [-0.4, -0.2) is 36.3 Å². The lowest BCUT2D eigenvalue weighted by atomic mass is 9.74. The van der Waals surface area contributed by atoms with Crippen molar-refractivity contribution in [3.63, 3.8) is 0 Å². The molecule has 0 aromatic heterocycles. The fraction of sp³-hybridized carbons (Fsp3) is 0.556. The Bertz CT molecular complexity index is 640. The molecular weight excluding hydrogens is 351 g/mol. The number of hydrogen-bond acceptors (Lipinski definition) is 3. The molecule has 0 heterocycles. The van der Waals surface area contributed by atoms with E-state index in [0.717, 1.165) is 19.3 Å². The van der Waals surface area contributed by atoms with E-state index in [1.165, 1.54) is 18.2 Å². The zero-order valence-corrected chi connectivity index (χ0v) is 14.3. The molecule has 2 N–H and O–H groups in total. The standard InChI is InChI=1S/C18H22F3NO4/c19-18(20,21)12-26-14-6-4-5-13(9-14)10-15(23)22-11-17(16(24)25)7-2-1-3-8-17/h4-6,9H,1-3,7-8,10-12H2,(H,22,23)(H,24,25). The minimum atomic E-state index is -4.43. The fourth-order valence-electron chi connectivity index (χ4n) is 3.12. The molecule has 0 atom stereocenters. The predicted octanol–water partition coefficient (Wildman–Crippen LogP) is 3.32. The molecule has 1 aromatic carbocycles. The van der Waals surface area contributed by atoms with Crippen LogP contribution in [0.5, 0.6) is 5.75 Å². The summed E-state index contributed by atoms with van der Waals surface area (Å²) in [5.74, 6) is -1.24. The molecule has 8 heteroatoms. The summed E-state index contributed by atoms with van der Waals surface area (Å²) in [6.07, 6.45) is -0.792. The Morgan fingerprint density at radius 1 is 1.19 bits per heavy atom. The Morgan fingerprint density at radius 3 is 2.50 bits per heavy atom. The van der Waals surface area contributed by atoms with Crippen LogP contribution in [0.3, 0.4) is 0 Å². The molecule has 1 aliphatic carbocycles. The van der Waals surface area contributed by atoms with Crippen molar-refractivity contribution in [3.05, 3.63) is 29.8 Å². The summed E-state index contributed by atoms with van der Waals surface area (Å²) in [6, 6.07) is 5.87. The molecule has 0 bridgehead atoms. The van der Waals surface area contributed by atoms with Crippen molar-refractivity contribution in [1.29, 1.82) is 0 Å². The van der Waals surface area contributed by atoms with Gasteiger partial charge in [0.1, 0.15) is 5.75 Å². The quantitative estimate of drug-likeness (QED) is 0.769. The van der Waals surface area contributed by atoms with Gasteiger partial charge in [0.25, 0.3) is 0 Å². The topological polar surface area (TPSA) is 75.6 Å². The van der Waals surface area contributed by atoms with Crippen molar-refractivity contribution in [1.82, 2.24) is 5.32 Å². The lowest BCUT2D eigenvalue weighted by Crippen LogP contribution is -2.44. The summed E-state index contributed by atoms with van der Waals surface area (Å²) < 4.78 is 41.2. The maximum Gasteiger partial charge on any atom is 0.422 e. The number of carbonyl (C=O) groups excluding carboxylic acids is 1. The van der Waals surface area contributed by atoms with Gasteiger partial charge in [-0.2, -0.15) is 13.2 Å². The number of hydrogen-bond donors (Lipinski definition) is 2. The maximum absolute atomic E-state index is 12.2. The van der Waals surface area contributed by atoms with Crippen LogP contribution >= 0.6 is 0 Å². The molecule has 0 spiro atoms. The molecular formula is C18H22F3NO4. The van der Waals surface area contributed by atoms with Gasteiger partial charge in [-0.25, -0.2) is 0 Å². The molecule has 0 radical (unpaired) electrons. The molecule has 0 aliphatic heterocycles. The molecule has 1 amide bonds. The van der Waals surface area contributed by atoms with Crippen LogP contribution in [0.25, 0.3) is 0 Å². The number of rotatable bonds is 7. The second-order valence-corrected chi connectivity index (χ2v) is 6.65.